The van der Waals surface area contributed by atoms with E-state index < -0.39 is 0 Å². The van der Waals surface area contributed by atoms with Gasteiger partial charge < -0.3 is 4.57 Å². The Kier molecular flexibility index (Phi) is 5.45. The van der Waals surface area contributed by atoms with Crippen LogP contribution in [0.3, 0.4) is 0 Å². The van der Waals surface area contributed by atoms with Crippen molar-refractivity contribution in [3.63, 3.8) is 0 Å². The fourth-order valence-electron chi connectivity index (χ4n) is 3.94. The average molecular weight is 455 g/mol. The van der Waals surface area contributed by atoms with Gasteiger partial charge in [0, 0.05) is 29.2 Å². The number of hydrogen-bond acceptors (Lipinski definition) is 3. The molecule has 1 amide bonds. The quantitative estimate of drug-likeness (QED) is 0.253. The zero-order valence-corrected chi connectivity index (χ0v) is 19.5. The maximum atomic E-state index is 13.2. The molecular weight excluding hydrogens is 432 g/mol. The molecule has 5 heteroatoms. The second-order valence-electron chi connectivity index (χ2n) is 8.07. The van der Waals surface area contributed by atoms with Crippen LogP contribution in [0.2, 0.25) is 0 Å². The van der Waals surface area contributed by atoms with Crippen LogP contribution in [-0.2, 0) is 11.3 Å². The van der Waals surface area contributed by atoms with Gasteiger partial charge in [-0.1, -0.05) is 89.7 Å². The number of benzene rings is 3. The largest absolute Gasteiger partial charge is 0.342 e. The van der Waals surface area contributed by atoms with E-state index in [1.165, 1.54) is 22.9 Å². The van der Waals surface area contributed by atoms with Crippen molar-refractivity contribution in [2.24, 2.45) is 0 Å². The molecule has 3 nitrogen and oxygen atoms in total. The Morgan fingerprint density at radius 2 is 1.56 bits per heavy atom. The van der Waals surface area contributed by atoms with Crippen molar-refractivity contribution in [3.05, 3.63) is 106 Å². The monoisotopic (exact) mass is 454 g/mol. The van der Waals surface area contributed by atoms with Crippen LogP contribution in [0.25, 0.3) is 17.0 Å². The van der Waals surface area contributed by atoms with Crippen LogP contribution in [0.5, 0.6) is 0 Å². The normalized spacial score (nSPS) is 15.3. The van der Waals surface area contributed by atoms with Gasteiger partial charge >= 0.3 is 0 Å². The van der Waals surface area contributed by atoms with Crippen molar-refractivity contribution < 1.29 is 4.79 Å². The topological polar surface area (TPSA) is 25.2 Å². The minimum Gasteiger partial charge on any atom is -0.342 e. The number of thiocarbonyl (C=S) groups is 1. The molecule has 5 rings (SSSR count). The molecule has 1 aliphatic rings. The minimum absolute atomic E-state index is 0.0702. The third-order valence-corrected chi connectivity index (χ3v) is 6.97. The fraction of sp³-hybridized carbons (Fsp3) is 0.111. The predicted octanol–water partition coefficient (Wildman–Crippen LogP) is 6.71. The third kappa shape index (κ3) is 3.90. The van der Waals surface area contributed by atoms with Crippen LogP contribution < -0.4 is 4.90 Å². The molecule has 1 saturated heterocycles. The lowest BCUT2D eigenvalue weighted by Crippen LogP contribution is -2.27. The molecule has 0 saturated carbocycles. The zero-order valence-electron chi connectivity index (χ0n) is 17.9. The smallest absolute Gasteiger partial charge is 0.270 e. The highest BCUT2D eigenvalue weighted by Gasteiger charge is 2.33. The maximum absolute atomic E-state index is 13.2. The summed E-state index contributed by atoms with van der Waals surface area (Å²) in [6.45, 7) is 4.90. The van der Waals surface area contributed by atoms with Crippen LogP contribution in [0, 0.1) is 13.8 Å². The molecule has 2 heterocycles. The zero-order chi connectivity index (χ0) is 22.2. The molecule has 158 valence electrons. The number of aryl methyl sites for hydroxylation is 2. The summed E-state index contributed by atoms with van der Waals surface area (Å²) >= 11 is 6.90. The highest BCUT2D eigenvalue weighted by Crippen LogP contribution is 2.37. The van der Waals surface area contributed by atoms with Crippen molar-refractivity contribution in [1.82, 2.24) is 4.57 Å². The fourth-order valence-corrected chi connectivity index (χ4v) is 5.23. The van der Waals surface area contributed by atoms with Crippen LogP contribution in [0.15, 0.2) is 83.9 Å². The van der Waals surface area contributed by atoms with E-state index in [-0.39, 0.29) is 5.91 Å². The Bertz CT molecular complexity index is 1370. The van der Waals surface area contributed by atoms with E-state index in [1.54, 1.807) is 4.90 Å². The third-order valence-electron chi connectivity index (χ3n) is 5.67. The summed E-state index contributed by atoms with van der Waals surface area (Å²) in [7, 11) is 0. The van der Waals surface area contributed by atoms with Gasteiger partial charge in [0.05, 0.1) is 10.6 Å². The Labute approximate surface area is 197 Å². The molecule has 0 spiro atoms. The summed E-state index contributed by atoms with van der Waals surface area (Å²) in [5.74, 6) is -0.0702. The molecule has 0 radical (unpaired) electrons. The van der Waals surface area contributed by atoms with Crippen LogP contribution in [-0.4, -0.2) is 14.8 Å². The first-order valence-electron chi connectivity index (χ1n) is 10.5. The van der Waals surface area contributed by atoms with Gasteiger partial charge in [-0.2, -0.15) is 0 Å². The second kappa shape index (κ2) is 8.41. The molecule has 0 unspecified atom stereocenters. The number of thioether (sulfide) groups is 1. The highest BCUT2D eigenvalue weighted by atomic mass is 32.2. The number of carbonyl (C=O) groups is 1. The molecule has 1 aromatic heterocycles. The summed E-state index contributed by atoms with van der Waals surface area (Å²) in [5.41, 5.74) is 6.63. The molecule has 0 N–H and O–H groups in total. The standard InChI is InChI=1S/C27H22N2OS2/c1-18-7-11-20(12-8-18)16-28-17-21(23-5-3-4-6-24(23)28)15-25-26(30)29(27(31)32-25)22-13-9-19(2)10-14-22/h3-15,17H,16H2,1-2H3. The average Bonchev–Trinajstić information content (AvgIpc) is 3.27. The number of para-hydroxylation sites is 1. The Hall–Kier alpha value is -3.15. The highest BCUT2D eigenvalue weighted by molar-refractivity contribution is 8.27. The van der Waals surface area contributed by atoms with Gasteiger partial charge in [0.1, 0.15) is 0 Å². The summed E-state index contributed by atoms with van der Waals surface area (Å²) in [6, 6.07) is 24.8. The lowest BCUT2D eigenvalue weighted by atomic mass is 10.1. The number of aromatic nitrogens is 1. The minimum atomic E-state index is -0.0702. The van der Waals surface area contributed by atoms with Gasteiger partial charge in [-0.05, 0) is 43.7 Å². The molecule has 4 aromatic rings. The van der Waals surface area contributed by atoms with E-state index in [4.69, 9.17) is 12.2 Å². The van der Waals surface area contributed by atoms with Crippen LogP contribution in [0.1, 0.15) is 22.3 Å². The SMILES string of the molecule is Cc1ccc(Cn2cc(C=C3SC(=S)N(c4ccc(C)cc4)C3=O)c3ccccc32)cc1. The first kappa shape index (κ1) is 20.7. The number of anilines is 1. The predicted molar refractivity (Wildman–Crippen MR) is 139 cm³/mol. The van der Waals surface area contributed by atoms with Crippen molar-refractivity contribution in [1.29, 1.82) is 0 Å². The van der Waals surface area contributed by atoms with Gasteiger partial charge in [0.25, 0.3) is 5.91 Å². The van der Waals surface area contributed by atoms with E-state index in [0.29, 0.717) is 9.23 Å². The van der Waals surface area contributed by atoms with Gasteiger partial charge in [-0.25, -0.2) is 0 Å². The van der Waals surface area contributed by atoms with Gasteiger partial charge in [-0.3, -0.25) is 9.69 Å². The maximum Gasteiger partial charge on any atom is 0.270 e. The molecule has 1 aliphatic heterocycles. The van der Waals surface area contributed by atoms with Crippen LogP contribution >= 0.6 is 24.0 Å². The first-order chi connectivity index (χ1) is 15.5. The van der Waals surface area contributed by atoms with Gasteiger partial charge in [0.2, 0.25) is 0 Å². The molecule has 0 bridgehead atoms. The molecule has 3 aromatic carbocycles. The number of nitrogens with zero attached hydrogens (tertiary/aromatic N) is 2. The molecule has 1 fully saturated rings. The number of amides is 1. The first-order valence-corrected chi connectivity index (χ1v) is 11.7. The Balaban J connectivity index is 1.51. The van der Waals surface area contributed by atoms with Gasteiger partial charge in [-0.15, -0.1) is 0 Å². The molecule has 0 aliphatic carbocycles. The summed E-state index contributed by atoms with van der Waals surface area (Å²) < 4.78 is 2.81. The van der Waals surface area contributed by atoms with Gasteiger partial charge in [0.15, 0.2) is 4.32 Å². The molecular formula is C27H22N2OS2. The number of carbonyl (C=O) groups excluding carboxylic acids is 1. The van der Waals surface area contributed by atoms with E-state index in [9.17, 15) is 4.79 Å². The van der Waals surface area contributed by atoms with E-state index in [2.05, 4.69) is 60.2 Å². The van der Waals surface area contributed by atoms with Crippen molar-refractivity contribution >= 4 is 56.9 Å². The summed E-state index contributed by atoms with van der Waals surface area (Å²) in [5, 5.41) is 1.13. The van der Waals surface area contributed by atoms with Crippen molar-refractivity contribution in [2.75, 3.05) is 4.90 Å². The van der Waals surface area contributed by atoms with E-state index in [1.807, 2.05) is 43.3 Å². The molecule has 32 heavy (non-hydrogen) atoms. The van der Waals surface area contributed by atoms with E-state index >= 15 is 0 Å². The van der Waals surface area contributed by atoms with Crippen molar-refractivity contribution in [2.45, 2.75) is 20.4 Å². The molecule has 0 atom stereocenters. The lowest BCUT2D eigenvalue weighted by Gasteiger charge is -2.14. The summed E-state index contributed by atoms with van der Waals surface area (Å²) in [6.07, 6.45) is 4.10. The second-order valence-corrected chi connectivity index (χ2v) is 9.74. The van der Waals surface area contributed by atoms with Crippen molar-refractivity contribution in [3.8, 4) is 0 Å². The van der Waals surface area contributed by atoms with E-state index in [0.717, 1.165) is 34.3 Å². The number of rotatable bonds is 4. The number of hydrogen-bond donors (Lipinski definition) is 0. The van der Waals surface area contributed by atoms with Crippen LogP contribution in [0.4, 0.5) is 5.69 Å². The Morgan fingerprint density at radius 1 is 0.906 bits per heavy atom. The lowest BCUT2D eigenvalue weighted by molar-refractivity contribution is -0.113. The number of fused-ring (bicyclic) bond motifs is 1. The summed E-state index contributed by atoms with van der Waals surface area (Å²) in [4.78, 5) is 15.5. The Morgan fingerprint density at radius 3 is 2.28 bits per heavy atom.